The molecule has 240 valence electrons. The summed E-state index contributed by atoms with van der Waals surface area (Å²) >= 11 is 0. The first-order valence-electron chi connectivity index (χ1n) is 15.1. The summed E-state index contributed by atoms with van der Waals surface area (Å²) < 4.78 is 0. The Hall–Kier alpha value is -4.46. The Kier molecular flexibility index (Phi) is 17.0. The van der Waals surface area contributed by atoms with Gasteiger partial charge in [0.1, 0.15) is 0 Å². The smallest absolute Gasteiger partial charge is 0 e. The normalized spacial score (nSPS) is 9.69. The van der Waals surface area contributed by atoms with Gasteiger partial charge in [0.2, 0.25) is 0 Å². The molecule has 0 amide bonds. The van der Waals surface area contributed by atoms with Crippen molar-refractivity contribution in [3.63, 3.8) is 0 Å². The minimum absolute atomic E-state index is 0. The van der Waals surface area contributed by atoms with Gasteiger partial charge in [0.25, 0.3) is 0 Å². The van der Waals surface area contributed by atoms with Crippen molar-refractivity contribution in [1.82, 2.24) is 0 Å². The molecule has 7 rings (SSSR count). The molecule has 0 atom stereocenters. The molecule has 0 bridgehead atoms. The SMILES string of the molecule is N#Cc1[c-]cccc1.O.[Pt].c1ccc(P(c2ccccc2)c2ccccc2)cc1.c1ccc(P(c2ccccc2)c2ccccc2)cc1. The van der Waals surface area contributed by atoms with E-state index in [1.807, 2.05) is 18.2 Å². The van der Waals surface area contributed by atoms with Gasteiger partial charge in [-0.15, -0.1) is 30.3 Å². The maximum atomic E-state index is 8.26. The van der Waals surface area contributed by atoms with Gasteiger partial charge >= 0.3 is 0 Å². The summed E-state index contributed by atoms with van der Waals surface area (Å²) in [4.78, 5) is 0. The van der Waals surface area contributed by atoms with E-state index in [1.54, 1.807) is 12.1 Å². The molecule has 2 N–H and O–H groups in total. The van der Waals surface area contributed by atoms with Crippen molar-refractivity contribution >= 4 is 47.7 Å². The van der Waals surface area contributed by atoms with Gasteiger partial charge in [-0.2, -0.15) is 0 Å². The average molecular weight is 840 g/mol. The Balaban J connectivity index is 0.000000206. The van der Waals surface area contributed by atoms with E-state index >= 15 is 0 Å². The van der Waals surface area contributed by atoms with Crippen LogP contribution < -0.4 is 31.8 Å². The molecule has 0 unspecified atom stereocenters. The van der Waals surface area contributed by atoms with E-state index in [1.165, 1.54) is 31.8 Å². The number of nitriles is 1. The molecule has 7 aromatic carbocycles. The van der Waals surface area contributed by atoms with Crippen LogP contribution in [0.2, 0.25) is 0 Å². The monoisotopic (exact) mass is 839 g/mol. The molecular formula is C43H36NOP2Pt-. The maximum Gasteiger partial charge on any atom is 0 e. The molecular weight excluding hydrogens is 804 g/mol. The third kappa shape index (κ3) is 11.4. The van der Waals surface area contributed by atoms with E-state index in [0.29, 0.717) is 5.56 Å². The zero-order chi connectivity index (χ0) is 31.7. The zero-order valence-corrected chi connectivity index (χ0v) is 30.3. The number of rotatable bonds is 6. The molecule has 0 aromatic heterocycles. The quantitative estimate of drug-likeness (QED) is 0.127. The largest absolute Gasteiger partial charge is 0.412 e. The minimum Gasteiger partial charge on any atom is -0.412 e. The summed E-state index contributed by atoms with van der Waals surface area (Å²) in [5, 5.41) is 16.6. The van der Waals surface area contributed by atoms with Crippen molar-refractivity contribution in [1.29, 1.82) is 5.26 Å². The molecule has 0 saturated heterocycles. The molecule has 0 fully saturated rings. The number of hydrogen-bond donors (Lipinski definition) is 0. The van der Waals surface area contributed by atoms with Crippen LogP contribution in [0.3, 0.4) is 0 Å². The van der Waals surface area contributed by atoms with Gasteiger partial charge < -0.3 is 5.48 Å². The average Bonchev–Trinajstić information content (AvgIpc) is 3.15. The molecule has 7 aromatic rings. The third-order valence-corrected chi connectivity index (χ3v) is 11.8. The second-order valence-corrected chi connectivity index (χ2v) is 14.5. The van der Waals surface area contributed by atoms with Gasteiger partial charge in [-0.3, -0.25) is 5.26 Å². The van der Waals surface area contributed by atoms with E-state index in [2.05, 4.69) is 188 Å². The number of benzene rings is 7. The molecule has 0 spiro atoms. The van der Waals surface area contributed by atoms with Crippen LogP contribution in [0, 0.1) is 17.4 Å². The van der Waals surface area contributed by atoms with Crippen molar-refractivity contribution in [2.24, 2.45) is 0 Å². The van der Waals surface area contributed by atoms with Crippen molar-refractivity contribution in [2.45, 2.75) is 0 Å². The third-order valence-electron chi connectivity index (χ3n) is 6.92. The Labute approximate surface area is 301 Å². The van der Waals surface area contributed by atoms with Gasteiger partial charge in [-0.05, 0) is 53.7 Å². The van der Waals surface area contributed by atoms with Crippen molar-refractivity contribution < 1.29 is 26.5 Å². The van der Waals surface area contributed by atoms with Gasteiger partial charge in [0.05, 0.1) is 0 Å². The summed E-state index contributed by atoms with van der Waals surface area (Å²) in [6.07, 6.45) is 0. The fourth-order valence-corrected chi connectivity index (χ4v) is 9.43. The molecule has 0 aliphatic heterocycles. The van der Waals surface area contributed by atoms with Crippen LogP contribution in [0.5, 0.6) is 0 Å². The van der Waals surface area contributed by atoms with Crippen LogP contribution in [0.15, 0.2) is 206 Å². The van der Waals surface area contributed by atoms with Gasteiger partial charge in [0.15, 0.2) is 0 Å². The van der Waals surface area contributed by atoms with Crippen LogP contribution in [0.1, 0.15) is 5.56 Å². The molecule has 5 heteroatoms. The molecule has 0 radical (unpaired) electrons. The van der Waals surface area contributed by atoms with Crippen molar-refractivity contribution in [3.8, 4) is 6.07 Å². The van der Waals surface area contributed by atoms with E-state index in [0.717, 1.165) is 0 Å². The predicted molar refractivity (Wildman–Crippen MR) is 204 cm³/mol. The van der Waals surface area contributed by atoms with Gasteiger partial charge in [0, 0.05) is 21.1 Å². The Morgan fingerprint density at radius 2 is 0.583 bits per heavy atom. The first kappa shape index (κ1) is 38.0. The number of hydrogen-bond acceptors (Lipinski definition) is 1. The minimum atomic E-state index is -0.446. The van der Waals surface area contributed by atoms with E-state index in [9.17, 15) is 0 Å². The summed E-state index contributed by atoms with van der Waals surface area (Å²) in [6.45, 7) is 0. The Morgan fingerprint density at radius 3 is 0.750 bits per heavy atom. The van der Waals surface area contributed by atoms with Crippen LogP contribution in [-0.4, -0.2) is 5.48 Å². The van der Waals surface area contributed by atoms with Crippen LogP contribution >= 0.6 is 15.8 Å². The fraction of sp³-hybridized carbons (Fsp3) is 0. The molecule has 2 nitrogen and oxygen atoms in total. The first-order valence-corrected chi connectivity index (χ1v) is 17.8. The van der Waals surface area contributed by atoms with E-state index in [-0.39, 0.29) is 26.5 Å². The molecule has 0 aliphatic rings. The summed E-state index contributed by atoms with van der Waals surface area (Å²) in [5.74, 6) is 0. The number of nitrogens with zero attached hydrogens (tertiary/aromatic N) is 1. The van der Waals surface area contributed by atoms with E-state index < -0.39 is 15.8 Å². The Morgan fingerprint density at radius 1 is 0.354 bits per heavy atom. The molecule has 48 heavy (non-hydrogen) atoms. The fourth-order valence-electron chi connectivity index (χ4n) is 4.82. The summed E-state index contributed by atoms with van der Waals surface area (Å²) in [7, 11) is -0.892. The van der Waals surface area contributed by atoms with Gasteiger partial charge in [-0.1, -0.05) is 188 Å². The molecule has 0 aliphatic carbocycles. The Bertz CT molecular complexity index is 1570. The van der Waals surface area contributed by atoms with Gasteiger partial charge in [-0.25, -0.2) is 0 Å². The van der Waals surface area contributed by atoms with Crippen molar-refractivity contribution in [2.75, 3.05) is 0 Å². The van der Waals surface area contributed by atoms with E-state index in [4.69, 9.17) is 5.26 Å². The second kappa shape index (κ2) is 21.4. The van der Waals surface area contributed by atoms with Crippen LogP contribution in [-0.2, 0) is 21.1 Å². The zero-order valence-electron chi connectivity index (χ0n) is 26.3. The first-order chi connectivity index (χ1) is 22.8. The topological polar surface area (TPSA) is 55.3 Å². The summed E-state index contributed by atoms with van der Waals surface area (Å²) in [5.41, 5.74) is 0.590. The van der Waals surface area contributed by atoms with Crippen LogP contribution in [0.4, 0.5) is 0 Å². The molecule has 0 saturated carbocycles. The van der Waals surface area contributed by atoms with Crippen LogP contribution in [0.25, 0.3) is 0 Å². The standard InChI is InChI=1S/2C18H15P.C7H4N.H2O.Pt/c2*1-4-10-16(11-5-1)19(17-12-6-2-7-13-17)18-14-8-3-9-15-18;8-6-7-4-2-1-3-5-7;;/h2*1-15H;1-4H;1H2;/q;;-1;;. The second-order valence-electron chi connectivity index (χ2n) is 10.1. The molecule has 0 heterocycles. The maximum absolute atomic E-state index is 8.26. The van der Waals surface area contributed by atoms with Crippen molar-refractivity contribution in [3.05, 3.63) is 218 Å². The predicted octanol–water partition coefficient (Wildman–Crippen LogP) is 7.42. The summed E-state index contributed by atoms with van der Waals surface area (Å²) in [6, 6.07) is 76.5.